The smallest absolute Gasteiger partial charge is 0.293 e. The van der Waals surface area contributed by atoms with E-state index in [0.717, 1.165) is 5.56 Å². The first-order valence-electron chi connectivity index (χ1n) is 4.48. The Labute approximate surface area is 88.3 Å². The summed E-state index contributed by atoms with van der Waals surface area (Å²) in [5, 5.41) is 0. The van der Waals surface area contributed by atoms with Crippen LogP contribution in [0.3, 0.4) is 0 Å². The van der Waals surface area contributed by atoms with Crippen molar-refractivity contribution in [3.8, 4) is 11.8 Å². The molecule has 0 fully saturated rings. The van der Waals surface area contributed by atoms with E-state index in [-0.39, 0.29) is 5.78 Å². The molecule has 0 radical (unpaired) electrons. The molecular weight excluding hydrogens is 190 g/mol. The number of rotatable bonds is 2. The molecule has 0 heterocycles. The number of hydrogen-bond donors (Lipinski definition) is 1. The number of ketones is 1. The predicted molar refractivity (Wildman–Crippen MR) is 56.9 cm³/mol. The van der Waals surface area contributed by atoms with Crippen LogP contribution in [0.4, 0.5) is 0 Å². The molecule has 0 bridgehead atoms. The summed E-state index contributed by atoms with van der Waals surface area (Å²) in [5.41, 5.74) is 6.53. The lowest BCUT2D eigenvalue weighted by Crippen LogP contribution is -2.06. The molecule has 1 rings (SSSR count). The summed E-state index contributed by atoms with van der Waals surface area (Å²) in [6.07, 6.45) is 0.420. The minimum atomic E-state index is -0.650. The molecule has 0 aliphatic heterocycles. The topological polar surface area (TPSA) is 60.2 Å². The van der Waals surface area contributed by atoms with Crippen LogP contribution in [0.5, 0.6) is 0 Å². The Morgan fingerprint density at radius 1 is 1.27 bits per heavy atom. The molecule has 0 unspecified atom stereocenters. The van der Waals surface area contributed by atoms with Crippen LogP contribution in [0.1, 0.15) is 18.1 Å². The summed E-state index contributed by atoms with van der Waals surface area (Å²) in [6, 6.07) is 7.14. The summed E-state index contributed by atoms with van der Waals surface area (Å²) in [5.74, 6) is 4.33. The van der Waals surface area contributed by atoms with Gasteiger partial charge in [-0.2, -0.15) is 0 Å². The number of benzene rings is 1. The third-order valence-corrected chi connectivity index (χ3v) is 1.74. The Hall–Kier alpha value is -2.08. The highest BCUT2D eigenvalue weighted by molar-refractivity contribution is 5.92. The van der Waals surface area contributed by atoms with Crippen molar-refractivity contribution in [3.63, 3.8) is 0 Å². The van der Waals surface area contributed by atoms with Gasteiger partial charge in [-0.25, -0.2) is 0 Å². The Morgan fingerprint density at radius 2 is 1.87 bits per heavy atom. The summed E-state index contributed by atoms with van der Waals surface area (Å²) in [7, 11) is 0. The van der Waals surface area contributed by atoms with Crippen molar-refractivity contribution in [2.24, 2.45) is 5.73 Å². The van der Waals surface area contributed by atoms with Crippen LogP contribution in [0.15, 0.2) is 24.3 Å². The monoisotopic (exact) mass is 201 g/mol. The third-order valence-electron chi connectivity index (χ3n) is 1.74. The van der Waals surface area contributed by atoms with Crippen molar-refractivity contribution in [2.75, 3.05) is 0 Å². The number of amides is 1. The van der Waals surface area contributed by atoms with Gasteiger partial charge in [0.15, 0.2) is 0 Å². The van der Waals surface area contributed by atoms with E-state index in [9.17, 15) is 9.59 Å². The molecule has 1 aromatic carbocycles. The molecule has 0 aromatic heterocycles. The first-order chi connectivity index (χ1) is 7.08. The zero-order chi connectivity index (χ0) is 11.3. The van der Waals surface area contributed by atoms with Crippen molar-refractivity contribution in [1.82, 2.24) is 0 Å². The fourth-order valence-corrected chi connectivity index (χ4v) is 1.13. The SMILES string of the molecule is CC(=O)Cc1ccc(C#CC(N)=O)cc1. The normalized spacial score (nSPS) is 8.87. The second kappa shape index (κ2) is 4.97. The molecule has 1 amide bonds. The van der Waals surface area contributed by atoms with Gasteiger partial charge in [0, 0.05) is 12.0 Å². The molecule has 1 aromatic rings. The molecule has 0 saturated heterocycles. The van der Waals surface area contributed by atoms with Crippen molar-refractivity contribution >= 4 is 11.7 Å². The van der Waals surface area contributed by atoms with Crippen LogP contribution in [-0.4, -0.2) is 11.7 Å². The first kappa shape index (κ1) is 11.0. The first-order valence-corrected chi connectivity index (χ1v) is 4.48. The van der Waals surface area contributed by atoms with Gasteiger partial charge in [-0.1, -0.05) is 18.1 Å². The van der Waals surface area contributed by atoms with Gasteiger partial charge in [0.05, 0.1) is 0 Å². The van der Waals surface area contributed by atoms with Gasteiger partial charge in [0.2, 0.25) is 0 Å². The van der Waals surface area contributed by atoms with Crippen LogP contribution >= 0.6 is 0 Å². The molecular formula is C12H11NO2. The van der Waals surface area contributed by atoms with E-state index >= 15 is 0 Å². The van der Waals surface area contributed by atoms with Gasteiger partial charge in [0.25, 0.3) is 5.91 Å². The zero-order valence-electron chi connectivity index (χ0n) is 8.41. The highest BCUT2D eigenvalue weighted by atomic mass is 16.1. The average molecular weight is 201 g/mol. The quantitative estimate of drug-likeness (QED) is 0.714. The highest BCUT2D eigenvalue weighted by Gasteiger charge is 1.96. The Kier molecular flexibility index (Phi) is 3.64. The summed E-state index contributed by atoms with van der Waals surface area (Å²) in [4.78, 5) is 21.2. The molecule has 3 nitrogen and oxygen atoms in total. The maximum atomic E-state index is 10.8. The minimum Gasteiger partial charge on any atom is -0.359 e. The van der Waals surface area contributed by atoms with Crippen LogP contribution < -0.4 is 5.73 Å². The van der Waals surface area contributed by atoms with E-state index in [1.165, 1.54) is 0 Å². The van der Waals surface area contributed by atoms with Crippen molar-refractivity contribution in [3.05, 3.63) is 35.4 Å². The third kappa shape index (κ3) is 4.10. The zero-order valence-corrected chi connectivity index (χ0v) is 8.41. The molecule has 0 aliphatic rings. The number of primary amides is 1. The molecule has 15 heavy (non-hydrogen) atoms. The van der Waals surface area contributed by atoms with E-state index in [1.807, 2.05) is 12.1 Å². The number of hydrogen-bond acceptors (Lipinski definition) is 2. The summed E-state index contributed by atoms with van der Waals surface area (Å²) < 4.78 is 0. The van der Waals surface area contributed by atoms with Crippen LogP contribution in [0.25, 0.3) is 0 Å². The second-order valence-corrected chi connectivity index (χ2v) is 3.19. The van der Waals surface area contributed by atoms with Crippen molar-refractivity contribution < 1.29 is 9.59 Å². The minimum absolute atomic E-state index is 0.117. The maximum Gasteiger partial charge on any atom is 0.293 e. The highest BCUT2D eigenvalue weighted by Crippen LogP contribution is 2.04. The average Bonchev–Trinajstić information content (AvgIpc) is 2.16. The van der Waals surface area contributed by atoms with Crippen LogP contribution in [0.2, 0.25) is 0 Å². The van der Waals surface area contributed by atoms with Gasteiger partial charge in [-0.05, 0) is 30.5 Å². The second-order valence-electron chi connectivity index (χ2n) is 3.19. The number of carbonyl (C=O) groups excluding carboxylic acids is 2. The number of carbonyl (C=O) groups is 2. The fourth-order valence-electron chi connectivity index (χ4n) is 1.13. The van der Waals surface area contributed by atoms with Crippen molar-refractivity contribution in [1.29, 1.82) is 0 Å². The molecule has 0 spiro atoms. The molecule has 3 heteroatoms. The van der Waals surface area contributed by atoms with E-state index in [4.69, 9.17) is 5.73 Å². The van der Waals surface area contributed by atoms with Gasteiger partial charge in [0.1, 0.15) is 5.78 Å². The van der Waals surface area contributed by atoms with Gasteiger partial charge in [-0.15, -0.1) is 0 Å². The Bertz CT molecular complexity index is 435. The summed E-state index contributed by atoms with van der Waals surface area (Å²) >= 11 is 0. The summed E-state index contributed by atoms with van der Waals surface area (Å²) in [6.45, 7) is 1.54. The number of nitrogens with two attached hydrogens (primary N) is 1. The van der Waals surface area contributed by atoms with Crippen molar-refractivity contribution in [2.45, 2.75) is 13.3 Å². The molecule has 0 aliphatic carbocycles. The van der Waals surface area contributed by atoms with E-state index in [2.05, 4.69) is 11.8 Å². The van der Waals surface area contributed by atoms with E-state index in [0.29, 0.717) is 12.0 Å². The van der Waals surface area contributed by atoms with E-state index < -0.39 is 5.91 Å². The maximum absolute atomic E-state index is 10.8. The van der Waals surface area contributed by atoms with Gasteiger partial charge >= 0.3 is 0 Å². The Morgan fingerprint density at radius 3 is 2.33 bits per heavy atom. The largest absolute Gasteiger partial charge is 0.359 e. The predicted octanol–water partition coefficient (Wildman–Crippen LogP) is 0.655. The lowest BCUT2D eigenvalue weighted by Gasteiger charge is -1.96. The van der Waals surface area contributed by atoms with Gasteiger partial charge in [-0.3, -0.25) is 9.59 Å². The van der Waals surface area contributed by atoms with Crippen LogP contribution in [0, 0.1) is 11.8 Å². The molecule has 76 valence electrons. The van der Waals surface area contributed by atoms with Crippen LogP contribution in [-0.2, 0) is 16.0 Å². The standard InChI is InChI=1S/C12H11NO2/c1-9(14)8-11-4-2-10(3-5-11)6-7-12(13)15/h2-5H,8H2,1H3,(H2,13,15). The number of Topliss-reactive ketones (excluding diaryl/α,β-unsaturated/α-hetero) is 1. The van der Waals surface area contributed by atoms with E-state index in [1.54, 1.807) is 19.1 Å². The molecule has 0 saturated carbocycles. The molecule has 2 N–H and O–H groups in total. The van der Waals surface area contributed by atoms with Gasteiger partial charge < -0.3 is 5.73 Å². The lowest BCUT2D eigenvalue weighted by atomic mass is 10.1. The lowest BCUT2D eigenvalue weighted by molar-refractivity contribution is -0.116. The Balaban J connectivity index is 2.78. The molecule has 0 atom stereocenters. The fraction of sp³-hybridized carbons (Fsp3) is 0.167.